The predicted molar refractivity (Wildman–Crippen MR) is 99.9 cm³/mol. The standard InChI is InChI=1S/C18H24N2O5S/c1-26-7-4-13(11-21)19-18(23)12-8-17(22)20(10-12)14-2-3-15-16(9-14)25-6-5-24-15/h2-3,9,12-13,21H,4-8,10-11H2,1H3,(H,19,23)/t12-,13-/m0/s1. The van der Waals surface area contributed by atoms with Crippen molar-refractivity contribution in [2.45, 2.75) is 18.9 Å². The Balaban J connectivity index is 1.64. The molecule has 26 heavy (non-hydrogen) atoms. The molecule has 1 aromatic rings. The Labute approximate surface area is 157 Å². The molecular weight excluding hydrogens is 356 g/mol. The number of fused-ring (bicyclic) bond motifs is 1. The lowest BCUT2D eigenvalue weighted by atomic mass is 10.1. The molecule has 2 amide bonds. The van der Waals surface area contributed by atoms with Crippen molar-refractivity contribution < 1.29 is 24.2 Å². The number of carbonyl (C=O) groups is 2. The summed E-state index contributed by atoms with van der Waals surface area (Å²) in [5.41, 5.74) is 0.704. The van der Waals surface area contributed by atoms with Crippen molar-refractivity contribution in [2.75, 3.05) is 43.3 Å². The quantitative estimate of drug-likeness (QED) is 0.735. The van der Waals surface area contributed by atoms with E-state index in [2.05, 4.69) is 5.32 Å². The van der Waals surface area contributed by atoms with Gasteiger partial charge in [-0.15, -0.1) is 0 Å². The molecular formula is C18H24N2O5S. The van der Waals surface area contributed by atoms with E-state index in [0.29, 0.717) is 43.4 Å². The highest BCUT2D eigenvalue weighted by Crippen LogP contribution is 2.36. The Bertz CT molecular complexity index is 669. The lowest BCUT2D eigenvalue weighted by Gasteiger charge is -2.22. The summed E-state index contributed by atoms with van der Waals surface area (Å²) in [4.78, 5) is 26.5. The molecule has 0 aliphatic carbocycles. The Hall–Kier alpha value is -1.93. The molecule has 0 saturated carbocycles. The molecule has 2 aliphatic rings. The van der Waals surface area contributed by atoms with Crippen molar-refractivity contribution in [1.82, 2.24) is 5.32 Å². The first-order valence-electron chi connectivity index (χ1n) is 8.72. The summed E-state index contributed by atoms with van der Waals surface area (Å²) in [5.74, 6) is 1.45. The third kappa shape index (κ3) is 4.24. The second-order valence-electron chi connectivity index (χ2n) is 6.40. The van der Waals surface area contributed by atoms with E-state index in [0.717, 1.165) is 5.75 Å². The summed E-state index contributed by atoms with van der Waals surface area (Å²) in [6, 6.07) is 5.10. The molecule has 1 saturated heterocycles. The van der Waals surface area contributed by atoms with Crippen LogP contribution in [0.4, 0.5) is 5.69 Å². The summed E-state index contributed by atoms with van der Waals surface area (Å²) < 4.78 is 11.1. The van der Waals surface area contributed by atoms with Crippen molar-refractivity contribution in [1.29, 1.82) is 0 Å². The van der Waals surface area contributed by atoms with Crippen LogP contribution in [0, 0.1) is 5.92 Å². The number of benzene rings is 1. The zero-order chi connectivity index (χ0) is 18.5. The van der Waals surface area contributed by atoms with Crippen molar-refractivity contribution in [3.05, 3.63) is 18.2 Å². The van der Waals surface area contributed by atoms with Crippen LogP contribution in [-0.2, 0) is 9.59 Å². The van der Waals surface area contributed by atoms with Crippen LogP contribution in [0.15, 0.2) is 18.2 Å². The number of aliphatic hydroxyl groups is 1. The molecule has 2 heterocycles. The fraction of sp³-hybridized carbons (Fsp3) is 0.556. The Morgan fingerprint density at radius 1 is 1.38 bits per heavy atom. The van der Waals surface area contributed by atoms with Crippen LogP contribution in [0.25, 0.3) is 0 Å². The minimum Gasteiger partial charge on any atom is -0.486 e. The van der Waals surface area contributed by atoms with Crippen LogP contribution in [0.1, 0.15) is 12.8 Å². The van der Waals surface area contributed by atoms with Crippen LogP contribution in [0.5, 0.6) is 11.5 Å². The molecule has 8 heteroatoms. The molecule has 7 nitrogen and oxygen atoms in total. The number of hydrogen-bond donors (Lipinski definition) is 2. The highest BCUT2D eigenvalue weighted by molar-refractivity contribution is 7.98. The number of nitrogens with zero attached hydrogens (tertiary/aromatic N) is 1. The number of anilines is 1. The van der Waals surface area contributed by atoms with Gasteiger partial charge in [0, 0.05) is 24.7 Å². The second-order valence-corrected chi connectivity index (χ2v) is 7.39. The first kappa shape index (κ1) is 18.8. The minimum atomic E-state index is -0.418. The SMILES string of the molecule is CSCC[C@@H](CO)NC(=O)[C@H]1CC(=O)N(c2ccc3c(c2)OCCO3)C1. The van der Waals surface area contributed by atoms with Gasteiger partial charge in [0.1, 0.15) is 13.2 Å². The topological polar surface area (TPSA) is 88.1 Å². The third-order valence-electron chi connectivity index (χ3n) is 4.57. The number of carbonyl (C=O) groups excluding carboxylic acids is 2. The lowest BCUT2D eigenvalue weighted by molar-refractivity contribution is -0.127. The molecule has 0 spiro atoms. The molecule has 0 unspecified atom stereocenters. The average Bonchev–Trinajstić information content (AvgIpc) is 3.06. The maximum absolute atomic E-state index is 12.5. The Morgan fingerprint density at radius 3 is 2.88 bits per heavy atom. The van der Waals surface area contributed by atoms with Gasteiger partial charge in [-0.05, 0) is 30.6 Å². The van der Waals surface area contributed by atoms with Gasteiger partial charge in [-0.2, -0.15) is 11.8 Å². The van der Waals surface area contributed by atoms with Gasteiger partial charge in [-0.25, -0.2) is 0 Å². The van der Waals surface area contributed by atoms with Crippen LogP contribution < -0.4 is 19.7 Å². The number of rotatable bonds is 7. The summed E-state index contributed by atoms with van der Waals surface area (Å²) in [6.07, 6.45) is 2.86. The number of hydrogen-bond acceptors (Lipinski definition) is 6. The number of nitrogens with one attached hydrogen (secondary N) is 1. The van der Waals surface area contributed by atoms with Crippen molar-refractivity contribution >= 4 is 29.3 Å². The van der Waals surface area contributed by atoms with E-state index in [1.807, 2.05) is 6.26 Å². The Kier molecular flexibility index (Phi) is 6.26. The molecule has 3 rings (SSSR count). The summed E-state index contributed by atoms with van der Waals surface area (Å²) in [5, 5.41) is 12.3. The highest BCUT2D eigenvalue weighted by Gasteiger charge is 2.36. The number of aliphatic hydroxyl groups excluding tert-OH is 1. The number of amides is 2. The van der Waals surface area contributed by atoms with Gasteiger partial charge in [0.15, 0.2) is 11.5 Å². The normalized spacial score (nSPS) is 20.2. The fourth-order valence-corrected chi connectivity index (χ4v) is 3.64. The van der Waals surface area contributed by atoms with Gasteiger partial charge in [0.05, 0.1) is 18.6 Å². The summed E-state index contributed by atoms with van der Waals surface area (Å²) in [7, 11) is 0. The highest BCUT2D eigenvalue weighted by atomic mass is 32.2. The zero-order valence-corrected chi connectivity index (χ0v) is 15.6. The first-order valence-corrected chi connectivity index (χ1v) is 10.1. The smallest absolute Gasteiger partial charge is 0.227 e. The van der Waals surface area contributed by atoms with Gasteiger partial charge < -0.3 is 24.8 Å². The van der Waals surface area contributed by atoms with Crippen LogP contribution >= 0.6 is 11.8 Å². The second kappa shape index (κ2) is 8.64. The van der Waals surface area contributed by atoms with Crippen LogP contribution in [0.3, 0.4) is 0 Å². The lowest BCUT2D eigenvalue weighted by Crippen LogP contribution is -2.42. The average molecular weight is 380 g/mol. The van der Waals surface area contributed by atoms with Gasteiger partial charge >= 0.3 is 0 Å². The zero-order valence-electron chi connectivity index (χ0n) is 14.8. The first-order chi connectivity index (χ1) is 12.6. The molecule has 2 atom stereocenters. The largest absolute Gasteiger partial charge is 0.486 e. The van der Waals surface area contributed by atoms with E-state index in [1.54, 1.807) is 34.9 Å². The van der Waals surface area contributed by atoms with E-state index in [4.69, 9.17) is 9.47 Å². The number of ether oxygens (including phenoxy) is 2. The molecule has 142 valence electrons. The van der Waals surface area contributed by atoms with Gasteiger partial charge in [0.25, 0.3) is 0 Å². The van der Waals surface area contributed by atoms with Gasteiger partial charge in [-0.1, -0.05) is 0 Å². The summed E-state index contributed by atoms with van der Waals surface area (Å²) >= 11 is 1.67. The van der Waals surface area contributed by atoms with E-state index < -0.39 is 5.92 Å². The molecule has 0 bridgehead atoms. The van der Waals surface area contributed by atoms with Crippen molar-refractivity contribution in [3.8, 4) is 11.5 Å². The Morgan fingerprint density at radius 2 is 2.15 bits per heavy atom. The van der Waals surface area contributed by atoms with Gasteiger partial charge in [-0.3, -0.25) is 9.59 Å². The number of thioether (sulfide) groups is 1. The van der Waals surface area contributed by atoms with Crippen molar-refractivity contribution in [3.63, 3.8) is 0 Å². The molecule has 1 fully saturated rings. The van der Waals surface area contributed by atoms with E-state index >= 15 is 0 Å². The molecule has 0 aromatic heterocycles. The van der Waals surface area contributed by atoms with E-state index in [9.17, 15) is 14.7 Å². The maximum Gasteiger partial charge on any atom is 0.227 e. The van der Waals surface area contributed by atoms with Gasteiger partial charge in [0.2, 0.25) is 11.8 Å². The van der Waals surface area contributed by atoms with Crippen molar-refractivity contribution in [2.24, 2.45) is 5.92 Å². The third-order valence-corrected chi connectivity index (χ3v) is 5.21. The monoisotopic (exact) mass is 380 g/mol. The predicted octanol–water partition coefficient (Wildman–Crippen LogP) is 1.04. The van der Waals surface area contributed by atoms with Crippen LogP contribution in [-0.4, -0.2) is 61.3 Å². The minimum absolute atomic E-state index is 0.0912. The van der Waals surface area contributed by atoms with E-state index in [1.165, 1.54) is 0 Å². The van der Waals surface area contributed by atoms with E-state index in [-0.39, 0.29) is 30.9 Å². The molecule has 0 radical (unpaired) electrons. The molecule has 1 aromatic carbocycles. The van der Waals surface area contributed by atoms with Crippen LogP contribution in [0.2, 0.25) is 0 Å². The molecule has 2 N–H and O–H groups in total. The summed E-state index contributed by atoms with van der Waals surface area (Å²) in [6.45, 7) is 1.22. The molecule has 2 aliphatic heterocycles. The fourth-order valence-electron chi connectivity index (χ4n) is 3.12. The maximum atomic E-state index is 12.5.